The number of hydrogen-bond donors (Lipinski definition) is 1. The first-order chi connectivity index (χ1) is 11.3. The molecule has 0 fully saturated rings. The van der Waals surface area contributed by atoms with Crippen molar-refractivity contribution in [3.05, 3.63) is 65.3 Å². The molecule has 1 nitrogen and oxygen atoms in total. The molecule has 26 heavy (non-hydrogen) atoms. The molecule has 1 N–H and O–H groups in total. The topological polar surface area (TPSA) is 12.0 Å². The normalized spacial score (nSPS) is 16.3. The zero-order valence-electron chi connectivity index (χ0n) is 17.8. The summed E-state index contributed by atoms with van der Waals surface area (Å²) in [6.07, 6.45) is 0. The molecule has 0 radical (unpaired) electrons. The summed E-state index contributed by atoms with van der Waals surface area (Å²) in [4.78, 5) is 0. The van der Waals surface area contributed by atoms with Crippen molar-refractivity contribution in [2.45, 2.75) is 68.7 Å². The first-order valence-corrected chi connectivity index (χ1v) is 14.0. The minimum Gasteiger partial charge on any atom is -0.0149 e. The predicted octanol–water partition coefficient (Wildman–Crippen LogP) is 5.77. The Kier molecular flexibility index (Phi) is 9.26. The third-order valence-corrected chi connectivity index (χ3v) is 10.4. The summed E-state index contributed by atoms with van der Waals surface area (Å²) in [5.74, 6) is 0. The summed E-state index contributed by atoms with van der Waals surface area (Å²) in [7, 11) is 0. The zero-order valence-corrected chi connectivity index (χ0v) is 19.4. The Bertz CT molecular complexity index is 680. The van der Waals surface area contributed by atoms with Gasteiger partial charge in [-0.3, -0.25) is 0 Å². The van der Waals surface area contributed by atoms with Crippen molar-refractivity contribution in [1.29, 1.82) is 0 Å². The van der Waals surface area contributed by atoms with E-state index in [1.54, 1.807) is 11.1 Å². The van der Waals surface area contributed by atoms with Crippen LogP contribution in [0.25, 0.3) is 5.57 Å². The smallest absolute Gasteiger partial charge is 0.0149 e. The predicted molar refractivity (Wildman–Crippen MR) is 123 cm³/mol. The van der Waals surface area contributed by atoms with Gasteiger partial charge in [-0.1, -0.05) is 24.3 Å². The first kappa shape index (κ1) is 25.3. The summed E-state index contributed by atoms with van der Waals surface area (Å²) >= 11 is -2.14. The van der Waals surface area contributed by atoms with Crippen LogP contribution < -0.4 is 3.80 Å². The van der Waals surface area contributed by atoms with Gasteiger partial charge in [-0.25, -0.2) is 0 Å². The largest absolute Gasteiger partial charge is 0.0149 e. The van der Waals surface area contributed by atoms with Crippen molar-refractivity contribution in [1.82, 2.24) is 3.80 Å². The van der Waals surface area contributed by atoms with E-state index < -0.39 is 16.8 Å². The average molecular weight is 408 g/mol. The molecule has 1 atom stereocenters. The van der Waals surface area contributed by atoms with Gasteiger partial charge >= 0.3 is 122 Å². The molecule has 0 bridgehead atoms. The van der Waals surface area contributed by atoms with Crippen LogP contribution in [0.2, 0.25) is 10.5 Å². The number of rotatable bonds is 3. The number of benzene rings is 1. The molecule has 3 heteroatoms. The maximum absolute atomic E-state index is 3.98. The van der Waals surface area contributed by atoms with Gasteiger partial charge < -0.3 is 0 Å². The third-order valence-electron chi connectivity index (χ3n) is 4.85. The number of nitrogens with one attached hydrogen (secondary N) is 1. The molecule has 0 aliphatic heterocycles. The minimum atomic E-state index is -2.14. The van der Waals surface area contributed by atoms with Crippen molar-refractivity contribution < 1.29 is 16.8 Å². The molecule has 1 aromatic rings. The molecule has 0 amide bonds. The van der Waals surface area contributed by atoms with Gasteiger partial charge in [-0.05, 0) is 24.8 Å². The molecule has 1 unspecified atom stereocenters. The quantitative estimate of drug-likeness (QED) is 0.495. The van der Waals surface area contributed by atoms with Gasteiger partial charge in [0.15, 0.2) is 0 Å². The van der Waals surface area contributed by atoms with Crippen LogP contribution in [0.3, 0.4) is 0 Å². The maximum atomic E-state index is 3.98. The molecule has 1 aliphatic carbocycles. The Morgan fingerprint density at radius 2 is 1.46 bits per heavy atom. The Balaban J connectivity index is 0.000000777. The first-order valence-electron chi connectivity index (χ1n) is 9.15. The third kappa shape index (κ3) is 6.49. The fourth-order valence-corrected chi connectivity index (χ4v) is 10.6. The number of hydrogen-bond acceptors (Lipinski definition) is 1. The van der Waals surface area contributed by atoms with Crippen LogP contribution in [-0.2, 0) is 16.8 Å². The van der Waals surface area contributed by atoms with Crippen LogP contribution in [0.5, 0.6) is 0 Å². The minimum absolute atomic E-state index is 0. The molecule has 0 saturated heterocycles. The summed E-state index contributed by atoms with van der Waals surface area (Å²) in [6, 6.07) is 8.96. The van der Waals surface area contributed by atoms with Gasteiger partial charge in [0.05, 0.1) is 0 Å². The SMILES string of the molecule is C=C(C)C(=C)C.CC1=C(C)[CH]([Ti]([CH3])([CH3])[NH]C(C)(C)C)c2ccccc21.[SiH4]. The van der Waals surface area contributed by atoms with Gasteiger partial charge in [-0.2, -0.15) is 0 Å². The second-order valence-electron chi connectivity index (χ2n) is 8.99. The average Bonchev–Trinajstić information content (AvgIpc) is 2.70. The van der Waals surface area contributed by atoms with Crippen LogP contribution in [0.1, 0.15) is 63.8 Å². The molecular formula is C23H41NSiTi. The number of allylic oxidation sites excluding steroid dienone is 4. The molecular weight excluding hydrogens is 366 g/mol. The van der Waals surface area contributed by atoms with Crippen LogP contribution in [0.15, 0.2) is 54.1 Å². The molecule has 0 saturated carbocycles. The monoisotopic (exact) mass is 407 g/mol. The molecule has 0 aromatic heterocycles. The molecule has 1 aromatic carbocycles. The molecule has 0 spiro atoms. The van der Waals surface area contributed by atoms with E-state index in [1.807, 2.05) is 13.8 Å². The zero-order chi connectivity index (χ0) is 19.6. The van der Waals surface area contributed by atoms with Gasteiger partial charge in [0.1, 0.15) is 0 Å². The van der Waals surface area contributed by atoms with Crippen LogP contribution >= 0.6 is 0 Å². The summed E-state index contributed by atoms with van der Waals surface area (Å²) < 4.78 is 4.63. The van der Waals surface area contributed by atoms with Gasteiger partial charge in [0.25, 0.3) is 0 Å². The fourth-order valence-electron chi connectivity index (χ4n) is 3.72. The van der Waals surface area contributed by atoms with Crippen molar-refractivity contribution >= 4 is 16.5 Å². The summed E-state index contributed by atoms with van der Waals surface area (Å²) in [5.41, 5.74) is 8.44. The molecule has 1 aliphatic rings. The van der Waals surface area contributed by atoms with Gasteiger partial charge in [-0.15, -0.1) is 0 Å². The summed E-state index contributed by atoms with van der Waals surface area (Å²) in [5, 5.41) is 5.02. The van der Waals surface area contributed by atoms with Crippen LogP contribution in [0.4, 0.5) is 0 Å². The molecule has 2 rings (SSSR count). The second kappa shape index (κ2) is 9.50. The Morgan fingerprint density at radius 1 is 1.00 bits per heavy atom. The molecule has 146 valence electrons. The Labute approximate surface area is 170 Å². The van der Waals surface area contributed by atoms with E-state index in [-0.39, 0.29) is 16.5 Å². The van der Waals surface area contributed by atoms with E-state index in [0.717, 1.165) is 11.1 Å². The standard InChI is InChI=1S/C11H11.C6H10.C4H10N.2CH3.H4Si.Ti/c1-8-7-10-5-3-4-6-11(10)9(8)2;1-5(2)6(3)4;1-4(2,3)5;;;;/h3-7H,1-2H3;1,3H2,2,4H3;5H,1-3H3;2*1H3;1H4;/q;;-1;;;;+1. The van der Waals surface area contributed by atoms with Crippen molar-refractivity contribution in [3.63, 3.8) is 0 Å². The summed E-state index contributed by atoms with van der Waals surface area (Å²) in [6.45, 7) is 22.7. The van der Waals surface area contributed by atoms with E-state index in [2.05, 4.69) is 86.3 Å². The van der Waals surface area contributed by atoms with Crippen LogP contribution in [0, 0.1) is 0 Å². The maximum Gasteiger partial charge on any atom is -0.0149 e. The van der Waals surface area contributed by atoms with Gasteiger partial charge in [0.2, 0.25) is 0 Å². The van der Waals surface area contributed by atoms with Crippen LogP contribution in [-0.4, -0.2) is 16.5 Å². The fraction of sp³-hybridized carbons (Fsp3) is 0.478. The van der Waals surface area contributed by atoms with E-state index in [1.165, 1.54) is 11.1 Å². The van der Waals surface area contributed by atoms with E-state index in [4.69, 9.17) is 0 Å². The Hall–Kier alpha value is -0.669. The van der Waals surface area contributed by atoms with Crippen molar-refractivity contribution in [2.24, 2.45) is 0 Å². The van der Waals surface area contributed by atoms with E-state index >= 15 is 0 Å². The second-order valence-corrected chi connectivity index (χ2v) is 15.7. The van der Waals surface area contributed by atoms with Crippen molar-refractivity contribution in [2.75, 3.05) is 0 Å². The molecule has 0 heterocycles. The van der Waals surface area contributed by atoms with Gasteiger partial charge in [0, 0.05) is 0 Å². The number of fused-ring (bicyclic) bond motifs is 1. The van der Waals surface area contributed by atoms with E-state index in [0.29, 0.717) is 4.22 Å². The van der Waals surface area contributed by atoms with E-state index in [9.17, 15) is 0 Å². The Morgan fingerprint density at radius 3 is 1.88 bits per heavy atom. The van der Waals surface area contributed by atoms with Crippen molar-refractivity contribution in [3.8, 4) is 0 Å².